The fourth-order valence-electron chi connectivity index (χ4n) is 3.16. The molecule has 2 aromatic rings. The summed E-state index contributed by atoms with van der Waals surface area (Å²) in [5.74, 6) is -2.28. The van der Waals surface area contributed by atoms with E-state index < -0.39 is 34.2 Å². The molecule has 1 N–H and O–H groups in total. The molecule has 1 saturated heterocycles. The highest BCUT2D eigenvalue weighted by molar-refractivity contribution is 6.32. The van der Waals surface area contributed by atoms with Crippen LogP contribution in [0.3, 0.4) is 0 Å². The van der Waals surface area contributed by atoms with Gasteiger partial charge in [-0.3, -0.25) is 19.7 Å². The number of nitrogens with one attached hydrogen (secondary N) is 1. The van der Waals surface area contributed by atoms with Crippen LogP contribution in [0, 0.1) is 21.8 Å². The molecule has 1 atom stereocenters. The van der Waals surface area contributed by atoms with Crippen molar-refractivity contribution in [2.45, 2.75) is 6.42 Å². The molecule has 0 spiro atoms. The van der Waals surface area contributed by atoms with Crippen molar-refractivity contribution in [3.8, 4) is 5.75 Å². The molecular formula is C20H19ClFN3O6. The van der Waals surface area contributed by atoms with Crippen LogP contribution >= 0.6 is 11.6 Å². The standard InChI is InChI=1S/C20H19ClFN3O6/c1-30-7-8-31-19-14(21)3-2-4-16(19)23-20(27)12-9-18(26)24(11-12)13-5-6-15(22)17(10-13)25(28)29/h2-6,10,12H,7-9,11H2,1H3,(H,23,27). The molecule has 31 heavy (non-hydrogen) atoms. The lowest BCUT2D eigenvalue weighted by Gasteiger charge is -2.17. The molecule has 0 aromatic heterocycles. The lowest BCUT2D eigenvalue weighted by atomic mass is 10.1. The van der Waals surface area contributed by atoms with Gasteiger partial charge in [-0.1, -0.05) is 17.7 Å². The largest absolute Gasteiger partial charge is 0.487 e. The summed E-state index contributed by atoms with van der Waals surface area (Å²) < 4.78 is 24.1. The number of carbonyl (C=O) groups excluding carboxylic acids is 2. The maximum absolute atomic E-state index is 13.6. The number of rotatable bonds is 8. The van der Waals surface area contributed by atoms with Gasteiger partial charge in [0.15, 0.2) is 5.75 Å². The molecule has 3 rings (SSSR count). The molecule has 1 heterocycles. The number of benzene rings is 2. The molecule has 0 saturated carbocycles. The van der Waals surface area contributed by atoms with Crippen LogP contribution in [0.25, 0.3) is 0 Å². The topological polar surface area (TPSA) is 111 Å². The van der Waals surface area contributed by atoms with E-state index in [-0.39, 0.29) is 31.0 Å². The zero-order valence-corrected chi connectivity index (χ0v) is 17.2. The van der Waals surface area contributed by atoms with Gasteiger partial charge in [0.2, 0.25) is 17.6 Å². The fourth-order valence-corrected chi connectivity index (χ4v) is 3.39. The number of amides is 2. The Balaban J connectivity index is 1.74. The van der Waals surface area contributed by atoms with Gasteiger partial charge in [0.1, 0.15) is 6.61 Å². The third-order valence-electron chi connectivity index (χ3n) is 4.69. The second-order valence-corrected chi connectivity index (χ2v) is 7.15. The number of halogens is 2. The van der Waals surface area contributed by atoms with Crippen molar-refractivity contribution >= 4 is 40.5 Å². The van der Waals surface area contributed by atoms with E-state index in [0.29, 0.717) is 17.3 Å². The monoisotopic (exact) mass is 451 g/mol. The number of para-hydroxylation sites is 1. The number of methoxy groups -OCH3 is 1. The Labute approximate surface area is 181 Å². The first-order chi connectivity index (χ1) is 14.8. The Hall–Kier alpha value is -3.24. The molecular weight excluding hydrogens is 433 g/mol. The Kier molecular flexibility index (Phi) is 7.03. The fraction of sp³-hybridized carbons (Fsp3) is 0.300. The van der Waals surface area contributed by atoms with Crippen molar-refractivity contribution in [1.29, 1.82) is 0 Å². The molecule has 1 fully saturated rings. The summed E-state index contributed by atoms with van der Waals surface area (Å²) in [6.07, 6.45) is -0.0998. The minimum Gasteiger partial charge on any atom is -0.487 e. The van der Waals surface area contributed by atoms with E-state index in [9.17, 15) is 24.1 Å². The molecule has 164 valence electrons. The molecule has 2 amide bonds. The molecule has 11 heteroatoms. The maximum Gasteiger partial charge on any atom is 0.306 e. The molecule has 9 nitrogen and oxygen atoms in total. The first-order valence-electron chi connectivity index (χ1n) is 9.27. The van der Waals surface area contributed by atoms with Crippen LogP contribution in [0.15, 0.2) is 36.4 Å². The molecule has 1 aliphatic rings. The summed E-state index contributed by atoms with van der Waals surface area (Å²) in [7, 11) is 1.53. The summed E-state index contributed by atoms with van der Waals surface area (Å²) in [4.78, 5) is 36.5. The Morgan fingerprint density at radius 3 is 2.84 bits per heavy atom. The third kappa shape index (κ3) is 5.09. The molecule has 0 bridgehead atoms. The van der Waals surface area contributed by atoms with Gasteiger partial charge in [-0.05, 0) is 24.3 Å². The van der Waals surface area contributed by atoms with Crippen LogP contribution < -0.4 is 15.0 Å². The van der Waals surface area contributed by atoms with E-state index >= 15 is 0 Å². The first kappa shape index (κ1) is 22.4. The smallest absolute Gasteiger partial charge is 0.306 e. The van der Waals surface area contributed by atoms with E-state index in [0.717, 1.165) is 12.1 Å². The number of ether oxygens (including phenoxy) is 2. The number of hydrogen-bond donors (Lipinski definition) is 1. The summed E-state index contributed by atoms with van der Waals surface area (Å²) in [6, 6.07) is 8.03. The summed E-state index contributed by atoms with van der Waals surface area (Å²) in [5, 5.41) is 14.0. The number of hydrogen-bond acceptors (Lipinski definition) is 6. The van der Waals surface area contributed by atoms with Crippen molar-refractivity contribution in [3.63, 3.8) is 0 Å². The zero-order chi connectivity index (χ0) is 22.5. The van der Waals surface area contributed by atoms with Gasteiger partial charge in [-0.15, -0.1) is 0 Å². The van der Waals surface area contributed by atoms with Gasteiger partial charge in [-0.25, -0.2) is 0 Å². The summed E-state index contributed by atoms with van der Waals surface area (Å²) in [5.41, 5.74) is -0.244. The second-order valence-electron chi connectivity index (χ2n) is 6.75. The highest BCUT2D eigenvalue weighted by Gasteiger charge is 2.36. The van der Waals surface area contributed by atoms with Crippen LogP contribution in [0.4, 0.5) is 21.5 Å². The van der Waals surface area contributed by atoms with Gasteiger partial charge >= 0.3 is 5.69 Å². The van der Waals surface area contributed by atoms with Crippen LogP contribution in [0.2, 0.25) is 5.02 Å². The van der Waals surface area contributed by atoms with Crippen molar-refractivity contribution in [2.24, 2.45) is 5.92 Å². The van der Waals surface area contributed by atoms with Gasteiger partial charge in [-0.2, -0.15) is 4.39 Å². The summed E-state index contributed by atoms with van der Waals surface area (Å²) >= 11 is 6.17. The number of nitro benzene ring substituents is 1. The highest BCUT2D eigenvalue weighted by atomic mass is 35.5. The van der Waals surface area contributed by atoms with Gasteiger partial charge < -0.3 is 19.7 Å². The number of nitro groups is 1. The quantitative estimate of drug-likeness (QED) is 0.374. The first-order valence-corrected chi connectivity index (χ1v) is 9.65. The number of nitrogens with zero attached hydrogens (tertiary/aromatic N) is 2. The molecule has 0 aliphatic carbocycles. The highest BCUT2D eigenvalue weighted by Crippen LogP contribution is 2.34. The van der Waals surface area contributed by atoms with Crippen LogP contribution in [0.5, 0.6) is 5.75 Å². The van der Waals surface area contributed by atoms with Gasteiger partial charge in [0.05, 0.1) is 33.8 Å². The van der Waals surface area contributed by atoms with E-state index in [1.54, 1.807) is 18.2 Å². The molecule has 2 aromatic carbocycles. The average molecular weight is 452 g/mol. The van der Waals surface area contributed by atoms with E-state index in [1.807, 2.05) is 0 Å². The van der Waals surface area contributed by atoms with Gasteiger partial charge in [0, 0.05) is 26.1 Å². The third-order valence-corrected chi connectivity index (χ3v) is 4.99. The van der Waals surface area contributed by atoms with Gasteiger partial charge in [0.25, 0.3) is 0 Å². The number of carbonyl (C=O) groups is 2. The normalized spacial score (nSPS) is 15.8. The Morgan fingerprint density at radius 1 is 1.35 bits per heavy atom. The minimum atomic E-state index is -1.00. The van der Waals surface area contributed by atoms with Crippen molar-refractivity contribution in [1.82, 2.24) is 0 Å². The predicted molar refractivity (Wildman–Crippen MR) is 111 cm³/mol. The lowest BCUT2D eigenvalue weighted by Crippen LogP contribution is -2.28. The Morgan fingerprint density at radius 2 is 2.13 bits per heavy atom. The molecule has 1 aliphatic heterocycles. The zero-order valence-electron chi connectivity index (χ0n) is 16.5. The molecule has 0 radical (unpaired) electrons. The van der Waals surface area contributed by atoms with E-state index in [1.165, 1.54) is 18.1 Å². The van der Waals surface area contributed by atoms with Crippen LogP contribution in [-0.2, 0) is 14.3 Å². The lowest BCUT2D eigenvalue weighted by molar-refractivity contribution is -0.387. The maximum atomic E-state index is 13.6. The van der Waals surface area contributed by atoms with Crippen molar-refractivity contribution in [2.75, 3.05) is 37.1 Å². The van der Waals surface area contributed by atoms with Crippen molar-refractivity contribution in [3.05, 3.63) is 57.4 Å². The van der Waals surface area contributed by atoms with Crippen LogP contribution in [-0.4, -0.2) is 43.6 Å². The average Bonchev–Trinajstić information content (AvgIpc) is 3.12. The van der Waals surface area contributed by atoms with Crippen molar-refractivity contribution < 1.29 is 28.4 Å². The molecule has 1 unspecified atom stereocenters. The summed E-state index contributed by atoms with van der Waals surface area (Å²) in [6.45, 7) is 0.546. The predicted octanol–water partition coefficient (Wildman–Crippen LogP) is 3.40. The Bertz CT molecular complexity index is 1020. The van der Waals surface area contributed by atoms with Crippen LogP contribution in [0.1, 0.15) is 6.42 Å². The second kappa shape index (κ2) is 9.71. The SMILES string of the molecule is COCCOc1c(Cl)cccc1NC(=O)C1CC(=O)N(c2ccc(F)c([N+](=O)[O-])c2)C1. The van der Waals surface area contributed by atoms with E-state index in [2.05, 4.69) is 5.32 Å². The van der Waals surface area contributed by atoms with E-state index in [4.69, 9.17) is 21.1 Å². The number of anilines is 2. The minimum absolute atomic E-state index is 0.00607.